The summed E-state index contributed by atoms with van der Waals surface area (Å²) >= 11 is 0. The van der Waals surface area contributed by atoms with Crippen LogP contribution in [0, 0.1) is 0 Å². The maximum Gasteiger partial charge on any atom is 0.152 e. The third-order valence-corrected chi connectivity index (χ3v) is 14.3. The molecule has 68 heavy (non-hydrogen) atoms. The van der Waals surface area contributed by atoms with E-state index in [2.05, 4.69) is 234 Å². The Morgan fingerprint density at radius 3 is 1.81 bits per heavy atom. The van der Waals surface area contributed by atoms with Crippen molar-refractivity contribution >= 4 is 104 Å². The Morgan fingerprint density at radius 2 is 0.971 bits per heavy atom. The molecule has 0 spiro atoms. The first-order valence-electron chi connectivity index (χ1n) is 23.2. The van der Waals surface area contributed by atoms with Crippen LogP contribution in [0.1, 0.15) is 0 Å². The molecule has 4 nitrogen and oxygen atoms in total. The lowest BCUT2D eigenvalue weighted by Gasteiger charge is -2.35. The fourth-order valence-corrected chi connectivity index (χ4v) is 11.3. The van der Waals surface area contributed by atoms with Crippen molar-refractivity contribution in [2.75, 3.05) is 4.90 Å². The lowest BCUT2D eigenvalue weighted by Crippen LogP contribution is -2.16. The predicted molar refractivity (Wildman–Crippen MR) is 284 cm³/mol. The summed E-state index contributed by atoms with van der Waals surface area (Å²) in [5.41, 5.74) is 13.1. The average Bonchev–Trinajstić information content (AvgIpc) is 3.95. The van der Waals surface area contributed by atoms with Crippen molar-refractivity contribution in [2.45, 2.75) is 0 Å². The SMILES string of the molecule is c1ccc(-c2c3ccccc3c(N3c4ccccc4Oc4cc(-c5ccc6c(c5)c5ccccc5n6-c5ccc6cc7ccc8oc9ccccc9c8c7cc6c5)ccc43)c3ccccc23)cc1. The number of anilines is 3. The van der Waals surface area contributed by atoms with Gasteiger partial charge in [-0.25, -0.2) is 0 Å². The Labute approximate surface area is 390 Å². The molecule has 0 unspecified atom stereocenters. The number of furan rings is 1. The molecule has 12 aromatic carbocycles. The van der Waals surface area contributed by atoms with Crippen LogP contribution >= 0.6 is 0 Å². The van der Waals surface area contributed by atoms with E-state index in [1.807, 2.05) is 6.07 Å². The molecule has 1 aliphatic rings. The summed E-state index contributed by atoms with van der Waals surface area (Å²) < 4.78 is 15.6. The molecule has 0 saturated heterocycles. The van der Waals surface area contributed by atoms with Crippen LogP contribution in [0.5, 0.6) is 11.5 Å². The average molecular weight is 867 g/mol. The van der Waals surface area contributed by atoms with E-state index in [4.69, 9.17) is 9.15 Å². The van der Waals surface area contributed by atoms with Gasteiger partial charge in [0.05, 0.1) is 28.1 Å². The van der Waals surface area contributed by atoms with Crippen LogP contribution in [-0.4, -0.2) is 4.57 Å². The van der Waals surface area contributed by atoms with Crippen LogP contribution in [0.3, 0.4) is 0 Å². The summed E-state index contributed by atoms with van der Waals surface area (Å²) in [4.78, 5) is 2.42. The van der Waals surface area contributed by atoms with Gasteiger partial charge in [-0.1, -0.05) is 152 Å². The molecule has 3 heterocycles. The molecule has 4 heteroatoms. The first-order chi connectivity index (χ1) is 33.7. The Kier molecular flexibility index (Phi) is 7.75. The molecular weight excluding hydrogens is 829 g/mol. The summed E-state index contributed by atoms with van der Waals surface area (Å²) in [5.74, 6) is 1.63. The van der Waals surface area contributed by atoms with Gasteiger partial charge in [-0.15, -0.1) is 0 Å². The highest BCUT2D eigenvalue weighted by Crippen LogP contribution is 2.55. The molecular formula is C64H38N2O2. The van der Waals surface area contributed by atoms with Gasteiger partial charge in [-0.3, -0.25) is 0 Å². The molecule has 0 saturated carbocycles. The third-order valence-electron chi connectivity index (χ3n) is 14.3. The number of rotatable bonds is 4. The monoisotopic (exact) mass is 866 g/mol. The zero-order valence-corrected chi connectivity index (χ0v) is 36.7. The molecule has 0 amide bonds. The Bertz CT molecular complexity index is 4370. The number of hydrogen-bond donors (Lipinski definition) is 0. The summed E-state index contributed by atoms with van der Waals surface area (Å²) in [7, 11) is 0. The van der Waals surface area contributed by atoms with Crippen LogP contribution in [0.4, 0.5) is 17.1 Å². The van der Waals surface area contributed by atoms with Gasteiger partial charge in [0, 0.05) is 38.0 Å². The largest absolute Gasteiger partial charge is 0.456 e. The van der Waals surface area contributed by atoms with E-state index in [1.165, 1.54) is 75.9 Å². The fraction of sp³-hybridized carbons (Fsp3) is 0. The van der Waals surface area contributed by atoms with Crippen LogP contribution in [0.25, 0.3) is 115 Å². The minimum atomic E-state index is 0.813. The molecule has 0 N–H and O–H groups in total. The second kappa shape index (κ2) is 14.2. The standard InChI is InChI=1S/C64H38N2O2/c1-2-14-39(15-3-1)62-47-17-4-6-19-49(47)64(50-20-7-5-18-48(50)62)66-56-23-11-13-25-59(56)68-61-38-42(28-32-57(61)66)41-27-31-55-53(36-41)46-16-8-10-22-54(46)65(55)45-30-26-40-34-43-29-33-60-63(52(43)37-44(40)35-45)51-21-9-12-24-58(51)67-60/h1-38H. The minimum Gasteiger partial charge on any atom is -0.456 e. The second-order valence-corrected chi connectivity index (χ2v) is 18.0. The number of benzene rings is 12. The van der Waals surface area contributed by atoms with Gasteiger partial charge >= 0.3 is 0 Å². The molecule has 1 aliphatic heterocycles. The number of fused-ring (bicyclic) bond motifs is 13. The Balaban J connectivity index is 0.881. The van der Waals surface area contributed by atoms with Crippen molar-refractivity contribution in [1.82, 2.24) is 4.57 Å². The smallest absolute Gasteiger partial charge is 0.152 e. The van der Waals surface area contributed by atoms with Crippen molar-refractivity contribution in [3.05, 3.63) is 231 Å². The lowest BCUT2D eigenvalue weighted by atomic mass is 9.89. The van der Waals surface area contributed by atoms with Gasteiger partial charge in [0.15, 0.2) is 11.5 Å². The van der Waals surface area contributed by atoms with E-state index in [-0.39, 0.29) is 0 Å². The minimum absolute atomic E-state index is 0.813. The predicted octanol–water partition coefficient (Wildman–Crippen LogP) is 18.2. The molecule has 0 atom stereocenters. The van der Waals surface area contributed by atoms with E-state index in [9.17, 15) is 0 Å². The maximum absolute atomic E-state index is 6.88. The zero-order valence-electron chi connectivity index (χ0n) is 36.7. The highest BCUT2D eigenvalue weighted by Gasteiger charge is 2.30. The number of aromatic nitrogens is 1. The van der Waals surface area contributed by atoms with Gasteiger partial charge in [0.25, 0.3) is 0 Å². The summed E-state index contributed by atoms with van der Waals surface area (Å²) in [5, 5.41) is 14.3. The van der Waals surface area contributed by atoms with Gasteiger partial charge in [-0.2, -0.15) is 0 Å². The maximum atomic E-state index is 6.88. The Hall–Kier alpha value is -9.12. The Morgan fingerprint density at radius 1 is 0.324 bits per heavy atom. The van der Waals surface area contributed by atoms with Gasteiger partial charge in [-0.05, 0) is 133 Å². The molecule has 0 aliphatic carbocycles. The van der Waals surface area contributed by atoms with Crippen LogP contribution in [0.15, 0.2) is 235 Å². The highest BCUT2D eigenvalue weighted by atomic mass is 16.5. The highest BCUT2D eigenvalue weighted by molar-refractivity contribution is 6.24. The van der Waals surface area contributed by atoms with Crippen molar-refractivity contribution in [1.29, 1.82) is 0 Å². The van der Waals surface area contributed by atoms with E-state index < -0.39 is 0 Å². The van der Waals surface area contributed by atoms with Crippen LogP contribution in [-0.2, 0) is 0 Å². The van der Waals surface area contributed by atoms with E-state index >= 15 is 0 Å². The van der Waals surface area contributed by atoms with Crippen LogP contribution < -0.4 is 9.64 Å². The molecule has 0 bridgehead atoms. The molecule has 15 rings (SSSR count). The summed E-state index contributed by atoms with van der Waals surface area (Å²) in [6.45, 7) is 0. The molecule has 0 fully saturated rings. The second-order valence-electron chi connectivity index (χ2n) is 18.0. The third kappa shape index (κ3) is 5.37. The summed E-state index contributed by atoms with van der Waals surface area (Å²) in [6.07, 6.45) is 0. The lowest BCUT2D eigenvalue weighted by molar-refractivity contribution is 0.477. The molecule has 2 aromatic heterocycles. The van der Waals surface area contributed by atoms with Crippen molar-refractivity contribution < 1.29 is 9.15 Å². The van der Waals surface area contributed by atoms with Gasteiger partial charge < -0.3 is 18.6 Å². The molecule has 0 radical (unpaired) electrons. The van der Waals surface area contributed by atoms with Crippen molar-refractivity contribution in [3.8, 4) is 39.4 Å². The number of nitrogens with zero attached hydrogens (tertiary/aromatic N) is 2. The number of para-hydroxylation sites is 4. The van der Waals surface area contributed by atoms with Gasteiger partial charge in [0.2, 0.25) is 0 Å². The normalized spacial score (nSPS) is 12.5. The first kappa shape index (κ1) is 37.1. The van der Waals surface area contributed by atoms with Crippen molar-refractivity contribution in [3.63, 3.8) is 0 Å². The van der Waals surface area contributed by atoms with Gasteiger partial charge in [0.1, 0.15) is 11.2 Å². The fourth-order valence-electron chi connectivity index (χ4n) is 11.3. The molecule has 316 valence electrons. The van der Waals surface area contributed by atoms with E-state index in [0.29, 0.717) is 0 Å². The zero-order chi connectivity index (χ0) is 44.5. The molecule has 14 aromatic rings. The number of hydrogen-bond acceptors (Lipinski definition) is 3. The summed E-state index contributed by atoms with van der Waals surface area (Å²) in [6, 6.07) is 83.3. The topological polar surface area (TPSA) is 30.5 Å². The number of ether oxygens (including phenoxy) is 1. The van der Waals surface area contributed by atoms with E-state index in [1.54, 1.807) is 0 Å². The van der Waals surface area contributed by atoms with E-state index in [0.717, 1.165) is 67.4 Å². The quantitative estimate of drug-likeness (QED) is 0.165. The van der Waals surface area contributed by atoms with Crippen molar-refractivity contribution in [2.24, 2.45) is 0 Å². The first-order valence-corrected chi connectivity index (χ1v) is 23.2. The van der Waals surface area contributed by atoms with Crippen LogP contribution in [0.2, 0.25) is 0 Å².